The van der Waals surface area contributed by atoms with Gasteiger partial charge in [-0.25, -0.2) is 0 Å². The third-order valence-corrected chi connectivity index (χ3v) is 5.58. The Bertz CT molecular complexity index is 279. The zero-order valence-corrected chi connectivity index (χ0v) is 14.3. The molecule has 1 saturated heterocycles. The highest BCUT2D eigenvalue weighted by Gasteiger charge is 2.34. The van der Waals surface area contributed by atoms with Crippen molar-refractivity contribution in [2.45, 2.75) is 84.7 Å². The lowest BCUT2D eigenvalue weighted by atomic mass is 9.77. The van der Waals surface area contributed by atoms with Gasteiger partial charge in [0.15, 0.2) is 0 Å². The van der Waals surface area contributed by atoms with E-state index in [4.69, 9.17) is 0 Å². The molecular formula is C18H36N2. The molecule has 20 heavy (non-hydrogen) atoms. The van der Waals surface area contributed by atoms with Crippen molar-refractivity contribution in [2.24, 2.45) is 11.3 Å². The maximum Gasteiger partial charge on any atom is 0.0246 e. The molecule has 2 fully saturated rings. The highest BCUT2D eigenvalue weighted by Crippen LogP contribution is 2.32. The van der Waals surface area contributed by atoms with Gasteiger partial charge in [0.2, 0.25) is 0 Å². The highest BCUT2D eigenvalue weighted by atomic mass is 15.2. The smallest absolute Gasteiger partial charge is 0.0246 e. The van der Waals surface area contributed by atoms with Crippen LogP contribution in [0.15, 0.2) is 0 Å². The van der Waals surface area contributed by atoms with Gasteiger partial charge in [0.05, 0.1) is 0 Å². The molecule has 1 atom stereocenters. The molecule has 1 saturated carbocycles. The second-order valence-corrected chi connectivity index (χ2v) is 8.21. The summed E-state index contributed by atoms with van der Waals surface area (Å²) in [4.78, 5) is 2.83. The van der Waals surface area contributed by atoms with Gasteiger partial charge in [0, 0.05) is 18.6 Å². The van der Waals surface area contributed by atoms with E-state index in [2.05, 4.69) is 37.9 Å². The van der Waals surface area contributed by atoms with Crippen LogP contribution in [-0.4, -0.2) is 36.6 Å². The second kappa shape index (κ2) is 7.26. The number of hydrogen-bond acceptors (Lipinski definition) is 2. The zero-order valence-electron chi connectivity index (χ0n) is 14.3. The van der Waals surface area contributed by atoms with Crippen LogP contribution < -0.4 is 5.32 Å². The molecule has 2 rings (SSSR count). The number of nitrogens with one attached hydrogen (secondary N) is 1. The van der Waals surface area contributed by atoms with E-state index in [9.17, 15) is 0 Å². The average molecular weight is 280 g/mol. The summed E-state index contributed by atoms with van der Waals surface area (Å²) in [5.41, 5.74) is 0.465. The van der Waals surface area contributed by atoms with E-state index in [1.807, 2.05) is 0 Å². The standard InChI is InChI=1S/C18H36N2/c1-15(2)10-13-20(16-8-5-6-9-16)14-17-18(3,4)11-7-12-19-17/h15-17,19H,5-14H2,1-4H3. The van der Waals surface area contributed by atoms with Crippen LogP contribution in [-0.2, 0) is 0 Å². The van der Waals surface area contributed by atoms with E-state index in [0.717, 1.165) is 12.0 Å². The minimum Gasteiger partial charge on any atom is -0.312 e. The Hall–Kier alpha value is -0.0800. The number of rotatable bonds is 6. The first-order valence-electron chi connectivity index (χ1n) is 8.96. The van der Waals surface area contributed by atoms with Crippen LogP contribution in [0.25, 0.3) is 0 Å². The van der Waals surface area contributed by atoms with Crippen molar-refractivity contribution < 1.29 is 0 Å². The van der Waals surface area contributed by atoms with Crippen LogP contribution >= 0.6 is 0 Å². The fraction of sp³-hybridized carbons (Fsp3) is 1.00. The molecule has 2 nitrogen and oxygen atoms in total. The molecule has 0 radical (unpaired) electrons. The number of hydrogen-bond donors (Lipinski definition) is 1. The fourth-order valence-electron chi connectivity index (χ4n) is 3.93. The van der Waals surface area contributed by atoms with Crippen molar-refractivity contribution in [1.29, 1.82) is 0 Å². The predicted octanol–water partition coefficient (Wildman–Crippen LogP) is 4.06. The molecule has 0 spiro atoms. The largest absolute Gasteiger partial charge is 0.312 e. The molecule has 1 heterocycles. The second-order valence-electron chi connectivity index (χ2n) is 8.21. The van der Waals surface area contributed by atoms with Crippen LogP contribution in [0, 0.1) is 11.3 Å². The SMILES string of the molecule is CC(C)CCN(CC1NCCCC1(C)C)C1CCCC1. The van der Waals surface area contributed by atoms with Gasteiger partial charge >= 0.3 is 0 Å². The average Bonchev–Trinajstić information content (AvgIpc) is 2.89. The van der Waals surface area contributed by atoms with Crippen LogP contribution in [0.4, 0.5) is 0 Å². The van der Waals surface area contributed by atoms with E-state index < -0.39 is 0 Å². The molecule has 1 unspecified atom stereocenters. The molecule has 1 N–H and O–H groups in total. The van der Waals surface area contributed by atoms with Gasteiger partial charge in [-0.1, -0.05) is 40.5 Å². The Kier molecular flexibility index (Phi) is 5.92. The van der Waals surface area contributed by atoms with Crippen molar-refractivity contribution in [2.75, 3.05) is 19.6 Å². The van der Waals surface area contributed by atoms with E-state index in [-0.39, 0.29) is 0 Å². The van der Waals surface area contributed by atoms with E-state index >= 15 is 0 Å². The van der Waals surface area contributed by atoms with Crippen LogP contribution in [0.5, 0.6) is 0 Å². The lowest BCUT2D eigenvalue weighted by Gasteiger charge is -2.43. The first-order valence-corrected chi connectivity index (χ1v) is 8.96. The normalized spacial score (nSPS) is 27.6. The van der Waals surface area contributed by atoms with Gasteiger partial charge in [-0.2, -0.15) is 0 Å². The summed E-state index contributed by atoms with van der Waals surface area (Å²) in [5, 5.41) is 3.81. The zero-order chi connectivity index (χ0) is 14.6. The van der Waals surface area contributed by atoms with Crippen molar-refractivity contribution in [3.05, 3.63) is 0 Å². The molecule has 0 bridgehead atoms. The molecule has 118 valence electrons. The number of nitrogens with zero attached hydrogens (tertiary/aromatic N) is 1. The van der Waals surface area contributed by atoms with E-state index in [1.54, 1.807) is 0 Å². The lowest BCUT2D eigenvalue weighted by molar-refractivity contribution is 0.0985. The van der Waals surface area contributed by atoms with Gasteiger partial charge in [-0.05, 0) is 56.5 Å². The Balaban J connectivity index is 1.94. The molecule has 2 aliphatic rings. The topological polar surface area (TPSA) is 15.3 Å². The Labute approximate surface area is 126 Å². The summed E-state index contributed by atoms with van der Waals surface area (Å²) >= 11 is 0. The van der Waals surface area contributed by atoms with Crippen LogP contribution in [0.2, 0.25) is 0 Å². The summed E-state index contributed by atoms with van der Waals surface area (Å²) in [6, 6.07) is 1.55. The highest BCUT2D eigenvalue weighted by molar-refractivity contribution is 4.92. The molecule has 0 aromatic heterocycles. The Morgan fingerprint density at radius 1 is 1.15 bits per heavy atom. The quantitative estimate of drug-likeness (QED) is 0.789. The molecule has 1 aliphatic carbocycles. The first-order chi connectivity index (χ1) is 9.49. The van der Waals surface area contributed by atoms with Crippen LogP contribution in [0.1, 0.15) is 72.6 Å². The van der Waals surface area contributed by atoms with Gasteiger partial charge in [0.25, 0.3) is 0 Å². The minimum absolute atomic E-state index is 0.465. The van der Waals surface area contributed by atoms with Crippen molar-refractivity contribution in [1.82, 2.24) is 10.2 Å². The van der Waals surface area contributed by atoms with Crippen molar-refractivity contribution in [3.63, 3.8) is 0 Å². The summed E-state index contributed by atoms with van der Waals surface area (Å²) in [5.74, 6) is 0.825. The summed E-state index contributed by atoms with van der Waals surface area (Å²) < 4.78 is 0. The summed E-state index contributed by atoms with van der Waals surface area (Å²) in [6.07, 6.45) is 9.85. The maximum absolute atomic E-state index is 3.81. The third-order valence-electron chi connectivity index (χ3n) is 5.58. The lowest BCUT2D eigenvalue weighted by Crippen LogP contribution is -2.54. The first kappa shape index (κ1) is 16.3. The fourth-order valence-corrected chi connectivity index (χ4v) is 3.93. The Morgan fingerprint density at radius 2 is 1.85 bits per heavy atom. The molecular weight excluding hydrogens is 244 g/mol. The van der Waals surface area contributed by atoms with Gasteiger partial charge in [0.1, 0.15) is 0 Å². The predicted molar refractivity (Wildman–Crippen MR) is 88.1 cm³/mol. The van der Waals surface area contributed by atoms with Gasteiger partial charge in [-0.3, -0.25) is 4.90 Å². The van der Waals surface area contributed by atoms with Crippen LogP contribution in [0.3, 0.4) is 0 Å². The maximum atomic E-state index is 3.81. The van der Waals surface area contributed by atoms with E-state index in [0.29, 0.717) is 11.5 Å². The third kappa shape index (κ3) is 4.46. The van der Waals surface area contributed by atoms with Gasteiger partial charge < -0.3 is 5.32 Å². The molecule has 0 amide bonds. The summed E-state index contributed by atoms with van der Waals surface area (Å²) in [7, 11) is 0. The Morgan fingerprint density at radius 3 is 2.45 bits per heavy atom. The van der Waals surface area contributed by atoms with Crippen molar-refractivity contribution in [3.8, 4) is 0 Å². The van der Waals surface area contributed by atoms with E-state index in [1.165, 1.54) is 64.6 Å². The summed E-state index contributed by atoms with van der Waals surface area (Å²) in [6.45, 7) is 13.4. The molecule has 2 heteroatoms. The molecule has 0 aromatic rings. The molecule has 1 aliphatic heterocycles. The minimum atomic E-state index is 0.465. The molecule has 0 aromatic carbocycles. The van der Waals surface area contributed by atoms with Gasteiger partial charge in [-0.15, -0.1) is 0 Å². The number of piperidine rings is 1. The van der Waals surface area contributed by atoms with Crippen molar-refractivity contribution >= 4 is 0 Å². The monoisotopic (exact) mass is 280 g/mol.